The summed E-state index contributed by atoms with van der Waals surface area (Å²) < 4.78 is 1.80. The fourth-order valence-corrected chi connectivity index (χ4v) is 4.26. The zero-order valence-electron chi connectivity index (χ0n) is 13.7. The third-order valence-corrected chi connectivity index (χ3v) is 5.51. The standard InChI is InChI=1S/C18H20N4O2/c1-19-14-9-13-15(8-11(14)10-23)20-17-12-4-3-6-21(2)16(12)5-7-22(17)18(13)24/h8-9,12,16,23H,3-7,10H2,2H3/t12-,16+/m0/s1. The van der Waals surface area contributed by atoms with Crippen LogP contribution in [0.1, 0.15) is 36.6 Å². The number of piperidine rings is 1. The van der Waals surface area contributed by atoms with Crippen LogP contribution in [0.4, 0.5) is 5.69 Å². The van der Waals surface area contributed by atoms with E-state index in [1.807, 2.05) is 0 Å². The number of likely N-dealkylation sites (N-methyl/N-ethyl adjacent to an activating group) is 1. The van der Waals surface area contributed by atoms with E-state index in [1.54, 1.807) is 16.7 Å². The molecular formula is C18H20N4O2. The SMILES string of the molecule is [C-]#[N+]c1cc2c(=O)n3c(nc2cc1CO)[C@H]1CCCN(C)[C@@H]1CC3. The van der Waals surface area contributed by atoms with Crippen molar-refractivity contribution in [2.75, 3.05) is 13.6 Å². The lowest BCUT2D eigenvalue weighted by Gasteiger charge is -2.42. The van der Waals surface area contributed by atoms with Crippen molar-refractivity contribution in [2.45, 2.75) is 44.4 Å². The molecule has 1 saturated heterocycles. The minimum atomic E-state index is -0.220. The smallest absolute Gasteiger partial charge is 0.260 e. The van der Waals surface area contributed by atoms with Crippen molar-refractivity contribution < 1.29 is 5.11 Å². The van der Waals surface area contributed by atoms with Gasteiger partial charge in [0.1, 0.15) is 5.82 Å². The molecule has 2 aromatic rings. The van der Waals surface area contributed by atoms with E-state index in [0.29, 0.717) is 34.7 Å². The van der Waals surface area contributed by atoms with Crippen molar-refractivity contribution in [1.82, 2.24) is 14.5 Å². The maximum Gasteiger partial charge on any atom is 0.260 e. The highest BCUT2D eigenvalue weighted by molar-refractivity contribution is 5.83. The highest BCUT2D eigenvalue weighted by Crippen LogP contribution is 2.36. The van der Waals surface area contributed by atoms with Crippen LogP contribution >= 0.6 is 0 Å². The zero-order valence-corrected chi connectivity index (χ0v) is 13.7. The molecule has 1 N–H and O–H groups in total. The van der Waals surface area contributed by atoms with Gasteiger partial charge in [-0.25, -0.2) is 9.83 Å². The number of aliphatic hydroxyl groups excluding tert-OH is 1. The molecular weight excluding hydrogens is 304 g/mol. The molecule has 4 rings (SSSR count). The molecule has 1 aromatic carbocycles. The monoisotopic (exact) mass is 324 g/mol. The van der Waals surface area contributed by atoms with Crippen LogP contribution in [0.2, 0.25) is 0 Å². The Morgan fingerprint density at radius 3 is 2.96 bits per heavy atom. The summed E-state index contributed by atoms with van der Waals surface area (Å²) in [5.74, 6) is 1.16. The van der Waals surface area contributed by atoms with Crippen molar-refractivity contribution in [1.29, 1.82) is 0 Å². The Balaban J connectivity index is 1.95. The minimum absolute atomic E-state index is 0.0592. The first-order valence-corrected chi connectivity index (χ1v) is 8.40. The van der Waals surface area contributed by atoms with E-state index in [4.69, 9.17) is 11.6 Å². The number of rotatable bonds is 1. The van der Waals surface area contributed by atoms with E-state index in [1.165, 1.54) is 0 Å². The number of aromatic nitrogens is 2. The number of likely N-dealkylation sites (tertiary alicyclic amines) is 1. The molecule has 6 heteroatoms. The third kappa shape index (κ3) is 2.16. The molecule has 2 aliphatic heterocycles. The van der Waals surface area contributed by atoms with Gasteiger partial charge in [-0.15, -0.1) is 0 Å². The summed E-state index contributed by atoms with van der Waals surface area (Å²) in [5, 5.41) is 9.95. The van der Waals surface area contributed by atoms with Crippen LogP contribution in [0.25, 0.3) is 15.7 Å². The summed E-state index contributed by atoms with van der Waals surface area (Å²) >= 11 is 0. The lowest BCUT2D eigenvalue weighted by molar-refractivity contribution is 0.123. The summed E-state index contributed by atoms with van der Waals surface area (Å²) in [6, 6.07) is 3.72. The van der Waals surface area contributed by atoms with E-state index in [9.17, 15) is 9.90 Å². The van der Waals surface area contributed by atoms with E-state index in [-0.39, 0.29) is 18.1 Å². The molecule has 0 aliphatic carbocycles. The predicted molar refractivity (Wildman–Crippen MR) is 91.2 cm³/mol. The maximum atomic E-state index is 12.9. The average Bonchev–Trinajstić information content (AvgIpc) is 2.61. The second kappa shape index (κ2) is 5.69. The highest BCUT2D eigenvalue weighted by Gasteiger charge is 2.36. The number of nitrogens with zero attached hydrogens (tertiary/aromatic N) is 4. The molecule has 6 nitrogen and oxygen atoms in total. The second-order valence-electron chi connectivity index (χ2n) is 6.78. The Bertz CT molecular complexity index is 912. The van der Waals surface area contributed by atoms with Crippen LogP contribution in [0.3, 0.4) is 0 Å². The quantitative estimate of drug-likeness (QED) is 0.815. The van der Waals surface area contributed by atoms with Gasteiger partial charge < -0.3 is 10.0 Å². The lowest BCUT2D eigenvalue weighted by Crippen LogP contribution is -2.47. The van der Waals surface area contributed by atoms with E-state index in [2.05, 4.69) is 16.8 Å². The van der Waals surface area contributed by atoms with Gasteiger partial charge >= 0.3 is 0 Å². The van der Waals surface area contributed by atoms with Gasteiger partial charge in [-0.1, -0.05) is 0 Å². The van der Waals surface area contributed by atoms with Crippen LogP contribution in [0.15, 0.2) is 16.9 Å². The van der Waals surface area contributed by atoms with E-state index in [0.717, 1.165) is 31.6 Å². The largest absolute Gasteiger partial charge is 0.393 e. The van der Waals surface area contributed by atoms with E-state index < -0.39 is 0 Å². The molecule has 3 heterocycles. The van der Waals surface area contributed by atoms with Gasteiger partial charge in [-0.3, -0.25) is 9.36 Å². The van der Waals surface area contributed by atoms with Crippen molar-refractivity contribution >= 4 is 16.6 Å². The highest BCUT2D eigenvalue weighted by atomic mass is 16.3. The van der Waals surface area contributed by atoms with Gasteiger partial charge in [-0.2, -0.15) is 0 Å². The van der Waals surface area contributed by atoms with Crippen molar-refractivity contribution in [2.24, 2.45) is 0 Å². The van der Waals surface area contributed by atoms with Crippen LogP contribution in [-0.4, -0.2) is 39.2 Å². The summed E-state index contributed by atoms with van der Waals surface area (Å²) in [7, 11) is 2.15. The van der Waals surface area contributed by atoms with Gasteiger partial charge in [-0.05, 0) is 50.6 Å². The van der Waals surface area contributed by atoms with Crippen molar-refractivity contribution in [3.63, 3.8) is 0 Å². The zero-order chi connectivity index (χ0) is 16.8. The summed E-state index contributed by atoms with van der Waals surface area (Å²) in [6.45, 7) is 8.80. The first kappa shape index (κ1) is 15.3. The molecule has 124 valence electrons. The molecule has 0 radical (unpaired) electrons. The van der Waals surface area contributed by atoms with Crippen LogP contribution in [-0.2, 0) is 13.2 Å². The minimum Gasteiger partial charge on any atom is -0.393 e. The average molecular weight is 324 g/mol. The maximum absolute atomic E-state index is 12.9. The Kier molecular flexibility index (Phi) is 3.63. The third-order valence-electron chi connectivity index (χ3n) is 5.51. The van der Waals surface area contributed by atoms with Gasteiger partial charge in [0.2, 0.25) is 0 Å². The molecule has 2 atom stereocenters. The molecule has 0 spiro atoms. The number of aliphatic hydroxyl groups is 1. The number of fused-ring (bicyclic) bond motifs is 4. The summed E-state index contributed by atoms with van der Waals surface area (Å²) in [6.07, 6.45) is 3.13. The topological polar surface area (TPSA) is 62.7 Å². The number of hydrogen-bond acceptors (Lipinski definition) is 4. The first-order valence-electron chi connectivity index (χ1n) is 8.40. The van der Waals surface area contributed by atoms with Crippen LogP contribution in [0.5, 0.6) is 0 Å². The Morgan fingerprint density at radius 2 is 2.21 bits per heavy atom. The number of benzene rings is 1. The molecule has 0 amide bonds. The molecule has 0 bridgehead atoms. The van der Waals surface area contributed by atoms with Gasteiger partial charge in [0.15, 0.2) is 5.69 Å². The Morgan fingerprint density at radius 1 is 1.38 bits per heavy atom. The number of hydrogen-bond donors (Lipinski definition) is 1. The van der Waals surface area contributed by atoms with Crippen molar-refractivity contribution in [3.8, 4) is 0 Å². The lowest BCUT2D eigenvalue weighted by atomic mass is 9.84. The Hall–Kier alpha value is -2.23. The molecule has 2 aliphatic rings. The van der Waals surface area contributed by atoms with Crippen molar-refractivity contribution in [3.05, 3.63) is 45.3 Å². The fourth-order valence-electron chi connectivity index (χ4n) is 4.26. The first-order chi connectivity index (χ1) is 11.6. The van der Waals surface area contributed by atoms with Gasteiger partial charge in [0, 0.05) is 18.5 Å². The predicted octanol–water partition coefficient (Wildman–Crippen LogP) is 2.02. The molecule has 24 heavy (non-hydrogen) atoms. The summed E-state index contributed by atoms with van der Waals surface area (Å²) in [4.78, 5) is 23.6. The second-order valence-corrected chi connectivity index (χ2v) is 6.78. The van der Waals surface area contributed by atoms with Crippen LogP contribution < -0.4 is 5.56 Å². The summed E-state index contributed by atoms with van der Waals surface area (Å²) in [5.41, 5.74) is 1.39. The fraction of sp³-hybridized carbons (Fsp3) is 0.500. The Labute approximate surface area is 140 Å². The van der Waals surface area contributed by atoms with E-state index >= 15 is 0 Å². The molecule has 0 unspecified atom stereocenters. The van der Waals surface area contributed by atoms with Gasteiger partial charge in [0.25, 0.3) is 5.56 Å². The van der Waals surface area contributed by atoms with Gasteiger partial charge in [0.05, 0.1) is 24.1 Å². The molecule has 0 saturated carbocycles. The normalized spacial score (nSPS) is 23.5. The molecule has 1 fully saturated rings. The molecule has 1 aromatic heterocycles. The van der Waals surface area contributed by atoms with Crippen LogP contribution in [0, 0.1) is 6.57 Å².